The second kappa shape index (κ2) is 14.0. The first-order chi connectivity index (χ1) is 21.0. The molecule has 43 heavy (non-hydrogen) atoms. The van der Waals surface area contributed by atoms with Crippen LogP contribution in [0.4, 0.5) is 20.7 Å². The van der Waals surface area contributed by atoms with E-state index in [2.05, 4.69) is 38.4 Å². The highest BCUT2D eigenvalue weighted by atomic mass is 19.1. The molecule has 1 aliphatic heterocycles. The predicted octanol–water partition coefficient (Wildman–Crippen LogP) is 5.69. The number of nitrogens with zero attached hydrogens (tertiary/aromatic N) is 1. The van der Waals surface area contributed by atoms with Gasteiger partial charge in [0.05, 0.1) is 14.2 Å². The van der Waals surface area contributed by atoms with Gasteiger partial charge < -0.3 is 25.4 Å². The quantitative estimate of drug-likeness (QED) is 0.171. The molecule has 0 saturated heterocycles. The third-order valence-electron chi connectivity index (χ3n) is 7.83. The molecular weight excluding hydrogens is 545 g/mol. The summed E-state index contributed by atoms with van der Waals surface area (Å²) >= 11 is 0. The van der Waals surface area contributed by atoms with E-state index < -0.39 is 5.54 Å². The lowest BCUT2D eigenvalue weighted by atomic mass is 9.75. The molecule has 2 heterocycles. The number of carbonyl (C=O) groups is 1. The molecule has 0 aliphatic carbocycles. The minimum absolute atomic E-state index is 0.274. The number of hydrogen-bond donors (Lipinski definition) is 4. The average Bonchev–Trinajstić information content (AvgIpc) is 3.02. The van der Waals surface area contributed by atoms with Gasteiger partial charge in [0.1, 0.15) is 11.6 Å². The Labute approximate surface area is 252 Å². The summed E-state index contributed by atoms with van der Waals surface area (Å²) in [5.41, 5.74) is 4.85. The van der Waals surface area contributed by atoms with Gasteiger partial charge in [-0.15, -0.1) is 0 Å². The maximum atomic E-state index is 13.7. The number of anilines is 2. The Morgan fingerprint density at radius 2 is 1.72 bits per heavy atom. The first-order valence-electron chi connectivity index (χ1n) is 14.5. The SMILES string of the molecule is COc1cc2c(cc1OC)C(CCNC(=O)Nc1cc(NCCc3ccccc3)ccn1)(Cc1ccc(F)cc1)NCC2. The Kier molecular flexibility index (Phi) is 9.73. The van der Waals surface area contributed by atoms with Crippen molar-refractivity contribution < 1.29 is 18.7 Å². The molecule has 5 rings (SSSR count). The van der Waals surface area contributed by atoms with Gasteiger partial charge in [-0.1, -0.05) is 42.5 Å². The van der Waals surface area contributed by atoms with E-state index in [1.54, 1.807) is 32.5 Å². The summed E-state index contributed by atoms with van der Waals surface area (Å²) in [6.45, 7) is 1.91. The standard InChI is InChI=1S/C34H38FN5O3/c1-42-30-20-26-13-18-39-34(29(26)22-31(30)43-2,23-25-8-10-27(35)11-9-25)15-19-38-33(41)40-32-21-28(14-17-37-32)36-16-12-24-6-4-3-5-7-24/h3-11,14,17,20-22,39H,12-13,15-16,18-19,23H2,1-2H3,(H3,36,37,38,40,41). The smallest absolute Gasteiger partial charge is 0.320 e. The van der Waals surface area contributed by atoms with Crippen molar-refractivity contribution in [3.63, 3.8) is 0 Å². The zero-order valence-corrected chi connectivity index (χ0v) is 24.6. The van der Waals surface area contributed by atoms with Crippen LogP contribution < -0.4 is 30.7 Å². The third kappa shape index (κ3) is 7.61. The van der Waals surface area contributed by atoms with Crippen molar-refractivity contribution >= 4 is 17.5 Å². The molecule has 0 saturated carbocycles. The maximum absolute atomic E-state index is 13.7. The maximum Gasteiger partial charge on any atom is 0.320 e. The normalized spacial score (nSPS) is 15.7. The molecule has 0 fully saturated rings. The number of urea groups is 1. The van der Waals surface area contributed by atoms with Crippen LogP contribution in [0.3, 0.4) is 0 Å². The molecule has 1 aliphatic rings. The number of amides is 2. The molecule has 3 aromatic carbocycles. The monoisotopic (exact) mass is 583 g/mol. The molecule has 1 unspecified atom stereocenters. The van der Waals surface area contributed by atoms with Crippen molar-refractivity contribution in [2.24, 2.45) is 0 Å². The van der Waals surface area contributed by atoms with Gasteiger partial charge in [-0.25, -0.2) is 14.2 Å². The highest BCUT2D eigenvalue weighted by molar-refractivity contribution is 5.88. The summed E-state index contributed by atoms with van der Waals surface area (Å²) < 4.78 is 24.9. The van der Waals surface area contributed by atoms with Crippen molar-refractivity contribution in [3.8, 4) is 11.5 Å². The largest absolute Gasteiger partial charge is 0.493 e. The Bertz CT molecular complexity index is 1520. The minimum Gasteiger partial charge on any atom is -0.493 e. The van der Waals surface area contributed by atoms with Crippen LogP contribution in [-0.4, -0.2) is 44.9 Å². The Morgan fingerprint density at radius 1 is 0.953 bits per heavy atom. The lowest BCUT2D eigenvalue weighted by Crippen LogP contribution is -2.51. The van der Waals surface area contributed by atoms with Gasteiger partial charge in [-0.3, -0.25) is 5.32 Å². The first-order valence-corrected chi connectivity index (χ1v) is 14.5. The second-order valence-corrected chi connectivity index (χ2v) is 10.6. The lowest BCUT2D eigenvalue weighted by molar-refractivity contribution is 0.246. The molecule has 0 radical (unpaired) electrons. The van der Waals surface area contributed by atoms with Crippen molar-refractivity contribution in [1.29, 1.82) is 0 Å². The summed E-state index contributed by atoms with van der Waals surface area (Å²) in [5, 5.41) is 13.0. The van der Waals surface area contributed by atoms with E-state index in [1.807, 2.05) is 42.5 Å². The Balaban J connectivity index is 1.25. The zero-order valence-electron chi connectivity index (χ0n) is 24.6. The molecule has 9 heteroatoms. The molecule has 2 amide bonds. The lowest BCUT2D eigenvalue weighted by Gasteiger charge is -2.41. The number of aromatic nitrogens is 1. The number of rotatable bonds is 12. The van der Waals surface area contributed by atoms with E-state index in [0.29, 0.717) is 36.7 Å². The molecule has 0 bridgehead atoms. The Hall–Kier alpha value is -4.63. The minimum atomic E-state index is -0.515. The summed E-state index contributed by atoms with van der Waals surface area (Å²) in [5.74, 6) is 1.51. The fourth-order valence-corrected chi connectivity index (χ4v) is 5.68. The van der Waals surface area contributed by atoms with Crippen LogP contribution in [0.2, 0.25) is 0 Å². The van der Waals surface area contributed by atoms with Crippen molar-refractivity contribution in [3.05, 3.63) is 113 Å². The summed E-state index contributed by atoms with van der Waals surface area (Å²) in [6, 6.07) is 24.2. The number of benzene rings is 3. The topological polar surface area (TPSA) is 96.5 Å². The highest BCUT2D eigenvalue weighted by Gasteiger charge is 2.37. The molecular formula is C34H38FN5O3. The van der Waals surface area contributed by atoms with E-state index >= 15 is 0 Å². The number of fused-ring (bicyclic) bond motifs is 1. The van der Waals surface area contributed by atoms with Crippen LogP contribution in [0.5, 0.6) is 11.5 Å². The molecule has 1 aromatic heterocycles. The van der Waals surface area contributed by atoms with Gasteiger partial charge in [0, 0.05) is 43.1 Å². The van der Waals surface area contributed by atoms with Gasteiger partial charge >= 0.3 is 6.03 Å². The van der Waals surface area contributed by atoms with Crippen LogP contribution in [0, 0.1) is 5.82 Å². The van der Waals surface area contributed by atoms with E-state index in [9.17, 15) is 9.18 Å². The molecule has 1 atom stereocenters. The van der Waals surface area contributed by atoms with E-state index in [-0.39, 0.29) is 11.8 Å². The number of methoxy groups -OCH3 is 2. The number of halogens is 1. The van der Waals surface area contributed by atoms with E-state index in [0.717, 1.165) is 48.3 Å². The van der Waals surface area contributed by atoms with Gasteiger partial charge in [-0.05, 0) is 78.3 Å². The summed E-state index contributed by atoms with van der Waals surface area (Å²) in [6.07, 6.45) is 4.59. The van der Waals surface area contributed by atoms with Crippen LogP contribution in [0.1, 0.15) is 28.7 Å². The first kappa shape index (κ1) is 29.8. The van der Waals surface area contributed by atoms with Gasteiger partial charge in [0.15, 0.2) is 11.5 Å². The molecule has 4 aromatic rings. The highest BCUT2D eigenvalue weighted by Crippen LogP contribution is 2.41. The number of nitrogens with one attached hydrogen (secondary N) is 4. The fourth-order valence-electron chi connectivity index (χ4n) is 5.68. The van der Waals surface area contributed by atoms with Gasteiger partial charge in [0.25, 0.3) is 0 Å². The number of ether oxygens (including phenoxy) is 2. The van der Waals surface area contributed by atoms with E-state index in [4.69, 9.17) is 9.47 Å². The Morgan fingerprint density at radius 3 is 2.49 bits per heavy atom. The number of carbonyl (C=O) groups excluding carboxylic acids is 1. The summed E-state index contributed by atoms with van der Waals surface area (Å²) in [7, 11) is 3.25. The average molecular weight is 584 g/mol. The van der Waals surface area contributed by atoms with Crippen molar-refractivity contribution in [1.82, 2.24) is 15.6 Å². The van der Waals surface area contributed by atoms with E-state index in [1.165, 1.54) is 17.7 Å². The van der Waals surface area contributed by atoms with Crippen LogP contribution in [-0.2, 0) is 24.8 Å². The van der Waals surface area contributed by atoms with Gasteiger partial charge in [-0.2, -0.15) is 0 Å². The van der Waals surface area contributed by atoms with Crippen molar-refractivity contribution in [2.45, 2.75) is 31.2 Å². The fraction of sp³-hybridized carbons (Fsp3) is 0.294. The van der Waals surface area contributed by atoms with Crippen LogP contribution in [0.25, 0.3) is 0 Å². The molecule has 4 N–H and O–H groups in total. The number of pyridine rings is 1. The van der Waals surface area contributed by atoms with Gasteiger partial charge in [0.2, 0.25) is 0 Å². The van der Waals surface area contributed by atoms with Crippen LogP contribution in [0.15, 0.2) is 85.1 Å². The predicted molar refractivity (Wildman–Crippen MR) is 168 cm³/mol. The molecule has 224 valence electrons. The van der Waals surface area contributed by atoms with Crippen LogP contribution >= 0.6 is 0 Å². The second-order valence-electron chi connectivity index (χ2n) is 10.6. The third-order valence-corrected chi connectivity index (χ3v) is 7.83. The molecule has 0 spiro atoms. The summed E-state index contributed by atoms with van der Waals surface area (Å²) in [4.78, 5) is 17.2. The molecule has 8 nitrogen and oxygen atoms in total. The zero-order chi connectivity index (χ0) is 30.1. The van der Waals surface area contributed by atoms with Crippen molar-refractivity contribution in [2.75, 3.05) is 44.5 Å². The number of hydrogen-bond acceptors (Lipinski definition) is 6.